The molecule has 2 aromatic rings. The zero-order valence-corrected chi connectivity index (χ0v) is 20.6. The molecular formula is C26H36FN3O6. The second kappa shape index (κ2) is 13.8. The number of nitrogens with zero attached hydrogens (tertiary/aromatic N) is 3. The molecule has 1 N–H and O–H groups in total. The molecule has 1 amide bonds. The van der Waals surface area contributed by atoms with E-state index in [4.69, 9.17) is 18.6 Å². The fourth-order valence-electron chi connectivity index (χ4n) is 4.48. The molecule has 3 heterocycles. The van der Waals surface area contributed by atoms with Gasteiger partial charge in [0.25, 0.3) is 5.91 Å². The van der Waals surface area contributed by atoms with Crippen LogP contribution in [0.3, 0.4) is 0 Å². The lowest BCUT2D eigenvalue weighted by atomic mass is 10.1. The molecule has 0 aliphatic carbocycles. The molecule has 2 atom stereocenters. The Bertz CT molecular complexity index is 907. The summed E-state index contributed by atoms with van der Waals surface area (Å²) in [6, 6.07) is 9.28. The van der Waals surface area contributed by atoms with E-state index in [-0.39, 0.29) is 24.4 Å². The van der Waals surface area contributed by atoms with Gasteiger partial charge in [-0.05, 0) is 36.4 Å². The lowest BCUT2D eigenvalue weighted by Crippen LogP contribution is -2.52. The van der Waals surface area contributed by atoms with Crippen LogP contribution in [0.1, 0.15) is 16.1 Å². The third-order valence-electron chi connectivity index (χ3n) is 6.42. The number of rotatable bonds is 12. The first-order valence-corrected chi connectivity index (χ1v) is 12.5. The van der Waals surface area contributed by atoms with Gasteiger partial charge in [-0.3, -0.25) is 14.6 Å². The minimum absolute atomic E-state index is 0.143. The summed E-state index contributed by atoms with van der Waals surface area (Å²) in [6.45, 7) is 7.56. The number of aliphatic hydroxyl groups is 1. The highest BCUT2D eigenvalue weighted by Gasteiger charge is 2.27. The van der Waals surface area contributed by atoms with Gasteiger partial charge in [-0.2, -0.15) is 0 Å². The zero-order chi connectivity index (χ0) is 25.2. The van der Waals surface area contributed by atoms with E-state index in [1.54, 1.807) is 17.2 Å². The summed E-state index contributed by atoms with van der Waals surface area (Å²) in [5.41, 5.74) is 0.454. The highest BCUT2D eigenvalue weighted by Crippen LogP contribution is 2.13. The summed E-state index contributed by atoms with van der Waals surface area (Å²) in [5, 5.41) is 10.4. The summed E-state index contributed by atoms with van der Waals surface area (Å²) >= 11 is 0. The van der Waals surface area contributed by atoms with E-state index >= 15 is 0 Å². The fourth-order valence-corrected chi connectivity index (χ4v) is 4.48. The first-order chi connectivity index (χ1) is 17.6. The molecule has 0 bridgehead atoms. The third-order valence-corrected chi connectivity index (χ3v) is 6.42. The number of amides is 1. The van der Waals surface area contributed by atoms with Crippen LogP contribution in [0.2, 0.25) is 0 Å². The van der Waals surface area contributed by atoms with Crippen molar-refractivity contribution in [1.29, 1.82) is 0 Å². The number of ether oxygens (including phenoxy) is 3. The fraction of sp³-hybridized carbons (Fsp3) is 0.577. The van der Waals surface area contributed by atoms with E-state index in [1.165, 1.54) is 24.3 Å². The maximum atomic E-state index is 13.4. The van der Waals surface area contributed by atoms with Crippen molar-refractivity contribution < 1.29 is 32.9 Å². The van der Waals surface area contributed by atoms with E-state index in [1.807, 2.05) is 6.07 Å². The second-order valence-corrected chi connectivity index (χ2v) is 9.21. The van der Waals surface area contributed by atoms with Crippen LogP contribution in [-0.4, -0.2) is 117 Å². The molecular weight excluding hydrogens is 469 g/mol. The molecule has 36 heavy (non-hydrogen) atoms. The standard InChI is InChI=1S/C26H36FN3O6/c27-22-5-3-21(4-6-22)26(32)30(8-7-28-9-13-33-14-10-28)18-25-17-29(11-15-36-25)16-23(31)19-34-20-24-2-1-12-35-24/h1-6,12,23,25,31H,7-11,13-20H2. The van der Waals surface area contributed by atoms with Gasteiger partial charge < -0.3 is 28.6 Å². The van der Waals surface area contributed by atoms with Gasteiger partial charge in [-0.15, -0.1) is 0 Å². The van der Waals surface area contributed by atoms with Gasteiger partial charge in [0.1, 0.15) is 18.2 Å². The molecule has 9 nitrogen and oxygen atoms in total. The summed E-state index contributed by atoms with van der Waals surface area (Å²) in [5.74, 6) is 0.205. The van der Waals surface area contributed by atoms with Gasteiger partial charge in [-0.1, -0.05) is 0 Å². The van der Waals surface area contributed by atoms with Crippen LogP contribution in [0.25, 0.3) is 0 Å². The van der Waals surface area contributed by atoms with Gasteiger partial charge in [0.2, 0.25) is 0 Å². The number of hydrogen-bond donors (Lipinski definition) is 1. The van der Waals surface area contributed by atoms with Crippen molar-refractivity contribution in [2.45, 2.75) is 18.8 Å². The van der Waals surface area contributed by atoms with E-state index in [0.29, 0.717) is 64.7 Å². The summed E-state index contributed by atoms with van der Waals surface area (Å²) in [6.07, 6.45) is 0.759. The molecule has 0 spiro atoms. The first kappa shape index (κ1) is 26.7. The number of morpholine rings is 2. The van der Waals surface area contributed by atoms with Gasteiger partial charge in [-0.25, -0.2) is 4.39 Å². The Morgan fingerprint density at radius 2 is 1.92 bits per heavy atom. The number of carbonyl (C=O) groups is 1. The number of aliphatic hydroxyl groups excluding tert-OH is 1. The molecule has 10 heteroatoms. The molecule has 2 fully saturated rings. The topological polar surface area (TPSA) is 87.9 Å². The van der Waals surface area contributed by atoms with Gasteiger partial charge >= 0.3 is 0 Å². The molecule has 1 aromatic carbocycles. The third kappa shape index (κ3) is 8.36. The summed E-state index contributed by atoms with van der Waals surface area (Å²) in [4.78, 5) is 19.5. The van der Waals surface area contributed by atoms with Crippen molar-refractivity contribution in [2.75, 3.05) is 78.8 Å². The Hall–Kier alpha value is -2.34. The predicted octanol–water partition coefficient (Wildman–Crippen LogP) is 1.47. The molecule has 4 rings (SSSR count). The largest absolute Gasteiger partial charge is 0.467 e. The van der Waals surface area contributed by atoms with Crippen LogP contribution in [-0.2, 0) is 20.8 Å². The molecule has 198 valence electrons. The quantitative estimate of drug-likeness (QED) is 0.464. The number of β-amino-alcohol motifs (C(OH)–C–C–N with tert-alkyl or cyclic N) is 1. The molecule has 1 aromatic heterocycles. The Morgan fingerprint density at radius 3 is 2.67 bits per heavy atom. The van der Waals surface area contributed by atoms with Crippen molar-refractivity contribution in [2.24, 2.45) is 0 Å². The number of benzene rings is 1. The second-order valence-electron chi connectivity index (χ2n) is 9.21. The van der Waals surface area contributed by atoms with Crippen LogP contribution in [0.5, 0.6) is 0 Å². The Kier molecular flexibility index (Phi) is 10.3. The van der Waals surface area contributed by atoms with Gasteiger partial charge in [0.05, 0.1) is 44.9 Å². The van der Waals surface area contributed by atoms with E-state index in [0.717, 1.165) is 25.4 Å². The number of halogens is 1. The lowest BCUT2D eigenvalue weighted by molar-refractivity contribution is -0.0610. The van der Waals surface area contributed by atoms with Crippen molar-refractivity contribution in [3.63, 3.8) is 0 Å². The smallest absolute Gasteiger partial charge is 0.253 e. The maximum absolute atomic E-state index is 13.4. The van der Waals surface area contributed by atoms with Gasteiger partial charge in [0.15, 0.2) is 0 Å². The van der Waals surface area contributed by atoms with E-state index in [2.05, 4.69) is 9.80 Å². The SMILES string of the molecule is O=C(c1ccc(F)cc1)N(CCN1CCOCC1)CC1CN(CC(O)COCc2ccco2)CCO1. The Morgan fingerprint density at radius 1 is 1.14 bits per heavy atom. The summed E-state index contributed by atoms with van der Waals surface area (Å²) in [7, 11) is 0. The molecule has 2 aliphatic rings. The highest BCUT2D eigenvalue weighted by molar-refractivity contribution is 5.94. The minimum atomic E-state index is -0.642. The Labute approximate surface area is 211 Å². The first-order valence-electron chi connectivity index (χ1n) is 12.5. The molecule has 2 aliphatic heterocycles. The highest BCUT2D eigenvalue weighted by atomic mass is 19.1. The molecule has 2 unspecified atom stereocenters. The van der Waals surface area contributed by atoms with E-state index in [9.17, 15) is 14.3 Å². The van der Waals surface area contributed by atoms with Crippen LogP contribution in [0.15, 0.2) is 47.1 Å². The Balaban J connectivity index is 1.29. The molecule has 0 radical (unpaired) electrons. The van der Waals surface area contributed by atoms with E-state index < -0.39 is 6.10 Å². The maximum Gasteiger partial charge on any atom is 0.253 e. The number of furan rings is 1. The van der Waals surface area contributed by atoms with Crippen LogP contribution in [0.4, 0.5) is 4.39 Å². The minimum Gasteiger partial charge on any atom is -0.467 e. The predicted molar refractivity (Wildman–Crippen MR) is 130 cm³/mol. The zero-order valence-electron chi connectivity index (χ0n) is 20.6. The normalized spacial score (nSPS) is 20.3. The summed E-state index contributed by atoms with van der Waals surface area (Å²) < 4.78 is 35.6. The van der Waals surface area contributed by atoms with Crippen LogP contribution < -0.4 is 0 Å². The van der Waals surface area contributed by atoms with Gasteiger partial charge in [0, 0.05) is 57.9 Å². The van der Waals surface area contributed by atoms with Crippen molar-refractivity contribution in [1.82, 2.24) is 14.7 Å². The lowest BCUT2D eigenvalue weighted by Gasteiger charge is -2.37. The molecule has 0 saturated carbocycles. The van der Waals surface area contributed by atoms with Crippen molar-refractivity contribution >= 4 is 5.91 Å². The monoisotopic (exact) mass is 505 g/mol. The number of hydrogen-bond acceptors (Lipinski definition) is 8. The number of carbonyl (C=O) groups excluding carboxylic acids is 1. The van der Waals surface area contributed by atoms with Crippen molar-refractivity contribution in [3.8, 4) is 0 Å². The van der Waals surface area contributed by atoms with Crippen molar-refractivity contribution in [3.05, 3.63) is 59.8 Å². The van der Waals surface area contributed by atoms with Crippen LogP contribution >= 0.6 is 0 Å². The van der Waals surface area contributed by atoms with Crippen LogP contribution in [0, 0.1) is 5.82 Å². The molecule has 2 saturated heterocycles. The average Bonchev–Trinajstić information content (AvgIpc) is 3.41. The average molecular weight is 506 g/mol.